The largest absolute Gasteiger partial charge is 0.398 e. The van der Waals surface area contributed by atoms with Crippen molar-refractivity contribution < 1.29 is 17.6 Å². The molecule has 0 spiro atoms. The van der Waals surface area contributed by atoms with E-state index in [-0.39, 0.29) is 56.0 Å². The topological polar surface area (TPSA) is 144 Å². The van der Waals surface area contributed by atoms with Gasteiger partial charge in [-0.15, -0.1) is 0 Å². The van der Waals surface area contributed by atoms with Gasteiger partial charge in [-0.3, -0.25) is 9.78 Å². The van der Waals surface area contributed by atoms with E-state index in [1.165, 1.54) is 48.8 Å². The Balaban J connectivity index is 1.83. The first-order valence-corrected chi connectivity index (χ1v) is 14.7. The van der Waals surface area contributed by atoms with Crippen molar-refractivity contribution in [2.45, 2.75) is 17.9 Å². The monoisotopic (exact) mass is 597 g/mol. The predicted octanol–water partition coefficient (Wildman–Crippen LogP) is 2.84. The Bertz CT molecular complexity index is 1880. The molecule has 4 aromatic rings. The quantitative estimate of drug-likeness (QED) is 0.271. The number of benzene rings is 1. The van der Waals surface area contributed by atoms with Crippen LogP contribution in [0.3, 0.4) is 0 Å². The smallest absolute Gasteiger partial charge is 0.355 e. The van der Waals surface area contributed by atoms with Crippen LogP contribution in [0.1, 0.15) is 6.92 Å². The summed E-state index contributed by atoms with van der Waals surface area (Å²) in [6, 6.07) is 6.61. The van der Waals surface area contributed by atoms with Crippen LogP contribution < -0.4 is 16.3 Å². The van der Waals surface area contributed by atoms with Crippen LogP contribution >= 0.6 is 11.6 Å². The number of hydrogen-bond donors (Lipinski definition) is 1. The van der Waals surface area contributed by atoms with Gasteiger partial charge in [-0.05, 0) is 37.3 Å². The van der Waals surface area contributed by atoms with Gasteiger partial charge in [0.2, 0.25) is 5.91 Å². The van der Waals surface area contributed by atoms with Gasteiger partial charge in [0.05, 0.1) is 38.4 Å². The molecule has 212 valence electrons. The molecular formula is C27H25ClFN7O4S. The SMILES string of the molecule is C=CC(=O)N1CCN(c2nc(=O)n(-c3cnccc3S(C)(=O)=O)c3nc(-c4c(N)cccc4F)c(Cl)cc23)[C@@H](C)C1. The molecule has 4 heterocycles. The third-order valence-electron chi connectivity index (χ3n) is 6.87. The summed E-state index contributed by atoms with van der Waals surface area (Å²) >= 11 is 6.66. The molecule has 0 saturated carbocycles. The van der Waals surface area contributed by atoms with Gasteiger partial charge in [-0.2, -0.15) is 4.98 Å². The van der Waals surface area contributed by atoms with E-state index in [4.69, 9.17) is 17.3 Å². The van der Waals surface area contributed by atoms with Crippen LogP contribution in [0.2, 0.25) is 5.02 Å². The van der Waals surface area contributed by atoms with Crippen molar-refractivity contribution in [3.63, 3.8) is 0 Å². The summed E-state index contributed by atoms with van der Waals surface area (Å²) in [6.45, 7) is 6.41. The number of halogens is 2. The number of nitrogens with zero attached hydrogens (tertiary/aromatic N) is 6. The lowest BCUT2D eigenvalue weighted by Crippen LogP contribution is -2.54. The number of sulfone groups is 1. The molecule has 0 radical (unpaired) electrons. The minimum atomic E-state index is -3.82. The molecule has 0 unspecified atom stereocenters. The van der Waals surface area contributed by atoms with Gasteiger partial charge >= 0.3 is 5.69 Å². The van der Waals surface area contributed by atoms with Crippen molar-refractivity contribution >= 4 is 49.9 Å². The third-order valence-corrected chi connectivity index (χ3v) is 8.30. The summed E-state index contributed by atoms with van der Waals surface area (Å²) < 4.78 is 41.3. The molecule has 14 heteroatoms. The second kappa shape index (κ2) is 10.6. The fourth-order valence-corrected chi connectivity index (χ4v) is 6.04. The van der Waals surface area contributed by atoms with Gasteiger partial charge < -0.3 is 15.5 Å². The Morgan fingerprint density at radius 1 is 1.24 bits per heavy atom. The number of anilines is 2. The van der Waals surface area contributed by atoms with Gasteiger partial charge in [0.25, 0.3) is 0 Å². The lowest BCUT2D eigenvalue weighted by molar-refractivity contribution is -0.126. The molecule has 1 fully saturated rings. The molecule has 1 aliphatic heterocycles. The number of amides is 1. The molecule has 0 bridgehead atoms. The molecule has 1 aromatic carbocycles. The third kappa shape index (κ3) is 5.02. The Hall–Kier alpha value is -4.36. The van der Waals surface area contributed by atoms with Gasteiger partial charge in [-0.25, -0.2) is 27.2 Å². The van der Waals surface area contributed by atoms with Crippen molar-refractivity contribution in [1.82, 2.24) is 24.4 Å². The van der Waals surface area contributed by atoms with Crippen LogP contribution in [0.4, 0.5) is 15.9 Å². The summed E-state index contributed by atoms with van der Waals surface area (Å²) in [6.07, 6.45) is 4.75. The average molecular weight is 598 g/mol. The minimum Gasteiger partial charge on any atom is -0.398 e. The van der Waals surface area contributed by atoms with Crippen LogP contribution in [0.25, 0.3) is 28.0 Å². The Morgan fingerprint density at radius 2 is 2.00 bits per heavy atom. The maximum Gasteiger partial charge on any atom is 0.355 e. The number of hydrogen-bond acceptors (Lipinski definition) is 9. The number of rotatable bonds is 5. The van der Waals surface area contributed by atoms with E-state index in [1.807, 2.05) is 11.8 Å². The number of aromatic nitrogens is 4. The van der Waals surface area contributed by atoms with Gasteiger partial charge in [-0.1, -0.05) is 24.2 Å². The maximum atomic E-state index is 15.0. The van der Waals surface area contributed by atoms with E-state index >= 15 is 0 Å². The number of carbonyl (C=O) groups excluding carboxylic acids is 1. The predicted molar refractivity (Wildman–Crippen MR) is 154 cm³/mol. The normalized spacial score (nSPS) is 15.8. The van der Waals surface area contributed by atoms with Gasteiger partial charge in [0.1, 0.15) is 11.6 Å². The highest BCUT2D eigenvalue weighted by Gasteiger charge is 2.30. The summed E-state index contributed by atoms with van der Waals surface area (Å²) in [4.78, 5) is 42.2. The minimum absolute atomic E-state index is 0.0308. The molecule has 1 amide bonds. The van der Waals surface area contributed by atoms with Crippen LogP contribution in [-0.2, 0) is 14.6 Å². The first-order chi connectivity index (χ1) is 19.4. The lowest BCUT2D eigenvalue weighted by atomic mass is 10.1. The molecule has 41 heavy (non-hydrogen) atoms. The van der Waals surface area contributed by atoms with E-state index in [1.54, 1.807) is 4.90 Å². The van der Waals surface area contributed by atoms with Crippen molar-refractivity contribution in [2.75, 3.05) is 36.5 Å². The molecule has 1 aliphatic rings. The van der Waals surface area contributed by atoms with E-state index in [0.717, 1.165) is 10.8 Å². The Morgan fingerprint density at radius 3 is 2.66 bits per heavy atom. The molecule has 1 atom stereocenters. The van der Waals surface area contributed by atoms with Crippen molar-refractivity contribution in [3.05, 3.63) is 76.7 Å². The first kappa shape index (κ1) is 28.2. The highest BCUT2D eigenvalue weighted by Crippen LogP contribution is 2.37. The number of piperazine rings is 1. The summed E-state index contributed by atoms with van der Waals surface area (Å²) in [7, 11) is -3.82. The van der Waals surface area contributed by atoms with Crippen molar-refractivity contribution in [3.8, 4) is 16.9 Å². The van der Waals surface area contributed by atoms with E-state index in [9.17, 15) is 22.4 Å². The van der Waals surface area contributed by atoms with Crippen LogP contribution in [0.15, 0.2) is 65.1 Å². The van der Waals surface area contributed by atoms with E-state index in [0.29, 0.717) is 25.0 Å². The fraction of sp³-hybridized carbons (Fsp3) is 0.222. The molecule has 1 saturated heterocycles. The standard InChI is InChI=1S/C27H25ClFN7O4S/c1-4-22(37)34-10-11-35(15(2)14-34)25-16-12-17(28)24(23-18(29)6-5-7-19(23)30)32-26(16)36(27(38)33-25)20-13-31-9-8-21(20)41(3,39)40/h4-9,12-13,15H,1,10-11,14,30H2,2-3H3/t15-/m0/s1. The second-order valence-electron chi connectivity index (χ2n) is 9.59. The van der Waals surface area contributed by atoms with E-state index in [2.05, 4.69) is 21.5 Å². The zero-order valence-electron chi connectivity index (χ0n) is 22.1. The Labute approximate surface area is 239 Å². The van der Waals surface area contributed by atoms with Crippen molar-refractivity contribution in [1.29, 1.82) is 0 Å². The number of nitrogen functional groups attached to an aromatic ring is 1. The highest BCUT2D eigenvalue weighted by molar-refractivity contribution is 7.90. The van der Waals surface area contributed by atoms with Crippen LogP contribution in [0.5, 0.6) is 0 Å². The molecule has 2 N–H and O–H groups in total. The zero-order chi connectivity index (χ0) is 29.6. The average Bonchev–Trinajstić information content (AvgIpc) is 2.92. The zero-order valence-corrected chi connectivity index (χ0v) is 23.7. The summed E-state index contributed by atoms with van der Waals surface area (Å²) in [5, 5.41) is 0.331. The highest BCUT2D eigenvalue weighted by atomic mass is 35.5. The first-order valence-electron chi connectivity index (χ1n) is 12.4. The summed E-state index contributed by atoms with van der Waals surface area (Å²) in [5.41, 5.74) is 5.08. The fourth-order valence-electron chi connectivity index (χ4n) is 4.96. The molecule has 0 aliphatic carbocycles. The number of fused-ring (bicyclic) bond motifs is 1. The summed E-state index contributed by atoms with van der Waals surface area (Å²) in [5.74, 6) is -0.671. The van der Waals surface area contributed by atoms with Gasteiger partial charge in [0.15, 0.2) is 15.5 Å². The van der Waals surface area contributed by atoms with Crippen LogP contribution in [0, 0.1) is 5.82 Å². The second-order valence-corrected chi connectivity index (χ2v) is 12.0. The van der Waals surface area contributed by atoms with Gasteiger partial charge in [0, 0.05) is 43.8 Å². The van der Waals surface area contributed by atoms with Crippen molar-refractivity contribution in [2.24, 2.45) is 0 Å². The maximum absolute atomic E-state index is 15.0. The number of carbonyl (C=O) groups is 1. The number of nitrogens with two attached hydrogens (primary N) is 1. The molecular weight excluding hydrogens is 573 g/mol. The Kier molecular flexibility index (Phi) is 7.26. The molecule has 3 aromatic heterocycles. The number of pyridine rings is 2. The lowest BCUT2D eigenvalue weighted by Gasteiger charge is -2.40. The molecule has 11 nitrogen and oxygen atoms in total. The van der Waals surface area contributed by atoms with E-state index < -0.39 is 21.3 Å². The molecule has 5 rings (SSSR count). The van der Waals surface area contributed by atoms with Crippen LogP contribution in [-0.4, -0.2) is 70.7 Å².